The summed E-state index contributed by atoms with van der Waals surface area (Å²) >= 11 is 0. The van der Waals surface area contributed by atoms with E-state index >= 15 is 0 Å². The van der Waals surface area contributed by atoms with Gasteiger partial charge in [-0.1, -0.05) is 56.3 Å². The molecule has 0 spiro atoms. The van der Waals surface area contributed by atoms with Crippen molar-refractivity contribution in [2.75, 3.05) is 19.7 Å². The van der Waals surface area contributed by atoms with Gasteiger partial charge in [0.25, 0.3) is 0 Å². The summed E-state index contributed by atoms with van der Waals surface area (Å²) in [6.45, 7) is 6.20. The Kier molecular flexibility index (Phi) is 3.47. The molecule has 1 N–H and O–H groups in total. The summed E-state index contributed by atoms with van der Waals surface area (Å²) in [6, 6.07) is 14.5. The quantitative estimate of drug-likeness (QED) is 0.942. The Morgan fingerprint density at radius 2 is 1.96 bits per heavy atom. The molecule has 0 radical (unpaired) electrons. The Hall–Kier alpha value is -1.87. The Balaban J connectivity index is 1.50. The SMILES string of the molecule is CC1(C)C[C@]2(CO)CN(C(=O)Cc3ccc4ccccc4c3)C[C@H]12. The number of hydrogen-bond acceptors (Lipinski definition) is 2. The molecule has 0 bridgehead atoms. The van der Waals surface area contributed by atoms with Crippen molar-refractivity contribution in [3.05, 3.63) is 48.0 Å². The number of likely N-dealkylation sites (tertiary alicyclic amines) is 1. The number of fused-ring (bicyclic) bond motifs is 2. The molecule has 0 aromatic heterocycles. The second-order valence-corrected chi connectivity index (χ2v) is 8.37. The average molecular weight is 323 g/mol. The van der Waals surface area contributed by atoms with Gasteiger partial charge in [-0.25, -0.2) is 0 Å². The first-order valence-electron chi connectivity index (χ1n) is 8.80. The predicted molar refractivity (Wildman–Crippen MR) is 95.6 cm³/mol. The fraction of sp³-hybridized carbons (Fsp3) is 0.476. The van der Waals surface area contributed by atoms with Gasteiger partial charge in [-0.3, -0.25) is 4.79 Å². The minimum Gasteiger partial charge on any atom is -0.396 e. The van der Waals surface area contributed by atoms with E-state index in [4.69, 9.17) is 0 Å². The van der Waals surface area contributed by atoms with Crippen LogP contribution in [0.4, 0.5) is 0 Å². The molecule has 1 amide bonds. The summed E-state index contributed by atoms with van der Waals surface area (Å²) in [5.74, 6) is 0.610. The fourth-order valence-electron chi connectivity index (χ4n) is 5.16. The van der Waals surface area contributed by atoms with Crippen LogP contribution in [-0.2, 0) is 11.2 Å². The molecule has 1 saturated carbocycles. The largest absolute Gasteiger partial charge is 0.396 e. The Morgan fingerprint density at radius 3 is 2.62 bits per heavy atom. The number of amides is 1. The molecule has 1 heterocycles. The number of benzene rings is 2. The number of aliphatic hydroxyl groups excluding tert-OH is 1. The van der Waals surface area contributed by atoms with Gasteiger partial charge in [-0.15, -0.1) is 0 Å². The normalized spacial score (nSPS) is 27.8. The topological polar surface area (TPSA) is 40.5 Å². The molecule has 126 valence electrons. The first kappa shape index (κ1) is 15.6. The van der Waals surface area contributed by atoms with Crippen molar-refractivity contribution < 1.29 is 9.90 Å². The number of aliphatic hydroxyl groups is 1. The van der Waals surface area contributed by atoms with E-state index in [1.54, 1.807) is 0 Å². The zero-order valence-electron chi connectivity index (χ0n) is 14.5. The monoisotopic (exact) mass is 323 g/mol. The molecule has 1 saturated heterocycles. The summed E-state index contributed by atoms with van der Waals surface area (Å²) < 4.78 is 0. The lowest BCUT2D eigenvalue weighted by Crippen LogP contribution is -2.54. The van der Waals surface area contributed by atoms with E-state index < -0.39 is 0 Å². The highest BCUT2D eigenvalue weighted by molar-refractivity contribution is 5.85. The van der Waals surface area contributed by atoms with E-state index in [2.05, 4.69) is 44.2 Å². The summed E-state index contributed by atoms with van der Waals surface area (Å²) in [7, 11) is 0. The van der Waals surface area contributed by atoms with Crippen molar-refractivity contribution in [1.82, 2.24) is 4.90 Å². The maximum atomic E-state index is 12.8. The van der Waals surface area contributed by atoms with Crippen molar-refractivity contribution in [2.24, 2.45) is 16.7 Å². The van der Waals surface area contributed by atoms with Crippen molar-refractivity contribution in [3.63, 3.8) is 0 Å². The van der Waals surface area contributed by atoms with Gasteiger partial charge in [0.2, 0.25) is 5.91 Å². The maximum absolute atomic E-state index is 12.8. The van der Waals surface area contributed by atoms with Crippen molar-refractivity contribution in [3.8, 4) is 0 Å². The lowest BCUT2D eigenvalue weighted by Gasteiger charge is -2.55. The standard InChI is InChI=1S/C21H25NO2/c1-20(2)12-21(14-23)13-22(11-18(20)21)19(24)10-15-7-8-16-5-3-4-6-17(16)9-15/h3-9,18,23H,10-14H2,1-2H3/t18-,21-/m1/s1. The van der Waals surface area contributed by atoms with E-state index in [-0.39, 0.29) is 23.3 Å². The number of nitrogens with zero attached hydrogens (tertiary/aromatic N) is 1. The molecule has 3 nitrogen and oxygen atoms in total. The predicted octanol–water partition coefficient (Wildman–Crippen LogP) is 3.25. The fourth-order valence-corrected chi connectivity index (χ4v) is 5.16. The Morgan fingerprint density at radius 1 is 1.21 bits per heavy atom. The summed E-state index contributed by atoms with van der Waals surface area (Å²) in [5, 5.41) is 12.2. The summed E-state index contributed by atoms with van der Waals surface area (Å²) in [6.07, 6.45) is 1.46. The third-order valence-corrected chi connectivity index (χ3v) is 6.24. The smallest absolute Gasteiger partial charge is 0.227 e. The maximum Gasteiger partial charge on any atom is 0.227 e. The summed E-state index contributed by atoms with van der Waals surface area (Å²) in [4.78, 5) is 14.8. The first-order valence-corrected chi connectivity index (χ1v) is 8.80. The minimum atomic E-state index is -0.0530. The second-order valence-electron chi connectivity index (χ2n) is 8.37. The third-order valence-electron chi connectivity index (χ3n) is 6.24. The van der Waals surface area contributed by atoms with Gasteiger partial charge in [-0.05, 0) is 34.1 Å². The number of hydrogen-bond donors (Lipinski definition) is 1. The van der Waals surface area contributed by atoms with Crippen LogP contribution in [0.15, 0.2) is 42.5 Å². The van der Waals surface area contributed by atoms with E-state index in [0.717, 1.165) is 18.5 Å². The first-order chi connectivity index (χ1) is 11.4. The highest BCUT2D eigenvalue weighted by Gasteiger charge is 2.62. The van der Waals surface area contributed by atoms with Crippen LogP contribution in [0.1, 0.15) is 25.8 Å². The molecule has 2 aromatic rings. The molecule has 2 aromatic carbocycles. The molecule has 24 heavy (non-hydrogen) atoms. The summed E-state index contributed by atoms with van der Waals surface area (Å²) in [5.41, 5.74) is 1.25. The molecule has 4 rings (SSSR count). The molecule has 0 unspecified atom stereocenters. The molecule has 1 aliphatic heterocycles. The van der Waals surface area contributed by atoms with Gasteiger partial charge < -0.3 is 10.0 Å². The molecule has 3 heteroatoms. The minimum absolute atomic E-state index is 0.0530. The van der Waals surface area contributed by atoms with E-state index in [9.17, 15) is 9.90 Å². The zero-order valence-corrected chi connectivity index (χ0v) is 14.5. The highest BCUT2D eigenvalue weighted by atomic mass is 16.3. The average Bonchev–Trinajstić information content (AvgIpc) is 2.90. The van der Waals surface area contributed by atoms with Crippen LogP contribution in [0.5, 0.6) is 0 Å². The lowest BCUT2D eigenvalue weighted by atomic mass is 9.48. The van der Waals surface area contributed by atoms with E-state index in [0.29, 0.717) is 18.9 Å². The Bertz CT molecular complexity index is 797. The number of rotatable bonds is 3. The van der Waals surface area contributed by atoms with Crippen LogP contribution >= 0.6 is 0 Å². The van der Waals surface area contributed by atoms with Gasteiger partial charge in [0, 0.05) is 18.5 Å². The van der Waals surface area contributed by atoms with E-state index in [1.807, 2.05) is 17.0 Å². The van der Waals surface area contributed by atoms with Crippen LogP contribution in [0.25, 0.3) is 10.8 Å². The zero-order chi connectivity index (χ0) is 16.9. The van der Waals surface area contributed by atoms with Crippen LogP contribution in [0.2, 0.25) is 0 Å². The second kappa shape index (κ2) is 5.32. The van der Waals surface area contributed by atoms with Crippen molar-refractivity contribution in [1.29, 1.82) is 0 Å². The molecular formula is C21H25NO2. The molecule has 2 aliphatic rings. The third kappa shape index (κ3) is 2.34. The van der Waals surface area contributed by atoms with Crippen LogP contribution in [-0.4, -0.2) is 35.6 Å². The van der Waals surface area contributed by atoms with Gasteiger partial charge in [0.05, 0.1) is 13.0 Å². The van der Waals surface area contributed by atoms with Crippen molar-refractivity contribution in [2.45, 2.75) is 26.7 Å². The van der Waals surface area contributed by atoms with E-state index in [1.165, 1.54) is 10.8 Å². The lowest BCUT2D eigenvalue weighted by molar-refractivity contribution is -0.130. The van der Waals surface area contributed by atoms with Crippen LogP contribution in [0, 0.1) is 16.7 Å². The molecular weight excluding hydrogens is 298 g/mol. The van der Waals surface area contributed by atoms with Crippen LogP contribution < -0.4 is 0 Å². The molecule has 2 atom stereocenters. The molecule has 2 fully saturated rings. The van der Waals surface area contributed by atoms with Gasteiger partial charge >= 0.3 is 0 Å². The van der Waals surface area contributed by atoms with Crippen LogP contribution in [0.3, 0.4) is 0 Å². The highest BCUT2D eigenvalue weighted by Crippen LogP contribution is 2.62. The molecule has 1 aliphatic carbocycles. The van der Waals surface area contributed by atoms with Crippen molar-refractivity contribution >= 4 is 16.7 Å². The number of carbonyl (C=O) groups excluding carboxylic acids is 1. The van der Waals surface area contributed by atoms with Gasteiger partial charge in [-0.2, -0.15) is 0 Å². The van der Waals surface area contributed by atoms with Gasteiger partial charge in [0.1, 0.15) is 0 Å². The van der Waals surface area contributed by atoms with Gasteiger partial charge in [0.15, 0.2) is 0 Å². The number of carbonyl (C=O) groups is 1. The Labute approximate surface area is 143 Å².